The third kappa shape index (κ3) is 5.31. The Morgan fingerprint density at radius 1 is 1.12 bits per heavy atom. The molecule has 0 radical (unpaired) electrons. The zero-order valence-electron chi connectivity index (χ0n) is 22.8. The van der Waals surface area contributed by atoms with E-state index in [0.29, 0.717) is 47.1 Å². The lowest BCUT2D eigenvalue weighted by Crippen LogP contribution is -2.39. The molecule has 9 nitrogen and oxygen atoms in total. The van der Waals surface area contributed by atoms with Gasteiger partial charge in [-0.25, -0.2) is 9.78 Å². The zero-order chi connectivity index (χ0) is 28.5. The summed E-state index contributed by atoms with van der Waals surface area (Å²) < 4.78 is 0. The van der Waals surface area contributed by atoms with Crippen LogP contribution in [0.3, 0.4) is 0 Å². The van der Waals surface area contributed by atoms with Gasteiger partial charge in [-0.1, -0.05) is 48.5 Å². The quantitative estimate of drug-likeness (QED) is 0.304. The Hall–Kier alpha value is -4.54. The third-order valence-corrected chi connectivity index (χ3v) is 8.33. The van der Waals surface area contributed by atoms with Crippen LogP contribution in [0.15, 0.2) is 79.0 Å². The summed E-state index contributed by atoms with van der Waals surface area (Å²) in [5.41, 5.74) is 3.92. The van der Waals surface area contributed by atoms with E-state index in [-0.39, 0.29) is 23.9 Å². The molecule has 0 saturated carbocycles. The minimum atomic E-state index is -0.343. The normalized spacial score (nSPS) is 16.6. The Morgan fingerprint density at radius 2 is 1.93 bits per heavy atom. The third-order valence-electron chi connectivity index (χ3n) is 7.23. The van der Waals surface area contributed by atoms with Crippen molar-refractivity contribution < 1.29 is 14.4 Å². The molecule has 1 saturated heterocycles. The number of urea groups is 1. The number of benzene rings is 2. The molecule has 1 fully saturated rings. The first kappa shape index (κ1) is 26.7. The maximum Gasteiger partial charge on any atom is 0.331 e. The van der Waals surface area contributed by atoms with Crippen molar-refractivity contribution in [2.75, 3.05) is 43.9 Å². The molecule has 0 bridgehead atoms. The largest absolute Gasteiger partial charge is 0.347 e. The predicted molar refractivity (Wildman–Crippen MR) is 163 cm³/mol. The van der Waals surface area contributed by atoms with Crippen molar-refractivity contribution in [3.8, 4) is 11.1 Å². The highest BCUT2D eigenvalue weighted by Gasteiger charge is 2.34. The van der Waals surface area contributed by atoms with Gasteiger partial charge in [-0.2, -0.15) is 0 Å². The van der Waals surface area contributed by atoms with Gasteiger partial charge in [0.2, 0.25) is 5.91 Å². The molecule has 41 heavy (non-hydrogen) atoms. The molecule has 4 amide bonds. The first-order valence-electron chi connectivity index (χ1n) is 13.5. The number of thiophene rings is 1. The van der Waals surface area contributed by atoms with Crippen molar-refractivity contribution in [1.29, 1.82) is 0 Å². The minimum absolute atomic E-state index is 0.0573. The van der Waals surface area contributed by atoms with Crippen LogP contribution in [0.5, 0.6) is 0 Å². The highest BCUT2D eigenvalue weighted by molar-refractivity contribution is 7.21. The minimum Gasteiger partial charge on any atom is -0.347 e. The van der Waals surface area contributed by atoms with Gasteiger partial charge in [-0.3, -0.25) is 14.5 Å². The lowest BCUT2D eigenvalue weighted by atomic mass is 10.0. The van der Waals surface area contributed by atoms with Gasteiger partial charge >= 0.3 is 6.03 Å². The van der Waals surface area contributed by atoms with Crippen LogP contribution in [0.4, 0.5) is 21.9 Å². The Labute approximate surface area is 242 Å². The van der Waals surface area contributed by atoms with E-state index in [0.717, 1.165) is 22.2 Å². The molecule has 6 rings (SSSR count). The second-order valence-electron chi connectivity index (χ2n) is 10.4. The van der Waals surface area contributed by atoms with E-state index >= 15 is 0 Å². The molecule has 2 aromatic heterocycles. The summed E-state index contributed by atoms with van der Waals surface area (Å²) in [4.78, 5) is 50.4. The van der Waals surface area contributed by atoms with Crippen LogP contribution in [-0.2, 0) is 4.79 Å². The molecule has 4 heterocycles. The molecular formula is C31H30N6O3S. The van der Waals surface area contributed by atoms with E-state index in [1.807, 2.05) is 79.7 Å². The van der Waals surface area contributed by atoms with Crippen molar-refractivity contribution in [3.05, 3.63) is 83.9 Å². The van der Waals surface area contributed by atoms with E-state index in [1.165, 1.54) is 11.3 Å². The summed E-state index contributed by atoms with van der Waals surface area (Å²) in [6.45, 7) is 1.71. The first-order valence-corrected chi connectivity index (χ1v) is 14.3. The van der Waals surface area contributed by atoms with Crippen LogP contribution in [-0.4, -0.2) is 72.4 Å². The molecule has 10 heteroatoms. The molecule has 1 atom stereocenters. The number of hydrogen-bond donors (Lipinski definition) is 2. The van der Waals surface area contributed by atoms with Crippen LogP contribution in [0.2, 0.25) is 0 Å². The standard InChI is InChI=1S/C31H30N6O3S/c1-35(2)16-7-12-25(38)36-17-14-22(19-36)33-29(39)28-27-26-24(13-15-32-30(26)41-28)37(31(40)34-27)23-11-6-10-21(18-23)20-8-4-3-5-9-20/h3-13,15,18,22H,14,16-17,19H2,1-2H3,(H,33,39)(H,34,40)/b12-7+. The van der Waals surface area contributed by atoms with Crippen molar-refractivity contribution in [1.82, 2.24) is 20.1 Å². The van der Waals surface area contributed by atoms with Gasteiger partial charge in [-0.05, 0) is 49.8 Å². The molecule has 4 aromatic rings. The maximum atomic E-state index is 13.5. The van der Waals surface area contributed by atoms with Crippen molar-refractivity contribution in [3.63, 3.8) is 0 Å². The van der Waals surface area contributed by atoms with E-state index < -0.39 is 0 Å². The number of anilines is 3. The second-order valence-corrected chi connectivity index (χ2v) is 11.4. The van der Waals surface area contributed by atoms with E-state index in [4.69, 9.17) is 0 Å². The van der Waals surface area contributed by atoms with E-state index in [2.05, 4.69) is 15.6 Å². The van der Waals surface area contributed by atoms with Crippen LogP contribution in [0.1, 0.15) is 16.1 Å². The SMILES string of the molecule is CN(C)C/C=C/C(=O)N1CCC(NC(=O)c2sc3nccc4c3c2NC(=O)N4c2cccc(-c3ccccc3)c2)C1. The topological polar surface area (TPSA) is 97.9 Å². The van der Waals surface area contributed by atoms with Crippen LogP contribution < -0.4 is 15.5 Å². The summed E-state index contributed by atoms with van der Waals surface area (Å²) in [5, 5.41) is 6.77. The molecule has 2 N–H and O–H groups in total. The predicted octanol–water partition coefficient (Wildman–Crippen LogP) is 5.10. The zero-order valence-corrected chi connectivity index (χ0v) is 23.6. The second kappa shape index (κ2) is 11.1. The van der Waals surface area contributed by atoms with E-state index in [9.17, 15) is 14.4 Å². The summed E-state index contributed by atoms with van der Waals surface area (Å²) in [6.07, 6.45) is 5.76. The van der Waals surface area contributed by atoms with Crippen molar-refractivity contribution in [2.45, 2.75) is 12.5 Å². The lowest BCUT2D eigenvalue weighted by Gasteiger charge is -2.28. The van der Waals surface area contributed by atoms with Gasteiger partial charge in [0.15, 0.2) is 0 Å². The molecule has 208 valence electrons. The summed E-state index contributed by atoms with van der Waals surface area (Å²) in [5.74, 6) is -0.339. The number of likely N-dealkylation sites (N-methyl/N-ethyl adjacent to an activating group) is 1. The highest BCUT2D eigenvalue weighted by atomic mass is 32.1. The van der Waals surface area contributed by atoms with Crippen LogP contribution in [0, 0.1) is 0 Å². The highest BCUT2D eigenvalue weighted by Crippen LogP contribution is 2.46. The fourth-order valence-corrected chi connectivity index (χ4v) is 6.28. The Bertz CT molecular complexity index is 1670. The number of amides is 4. The number of likely N-dealkylation sites (tertiary alicyclic amines) is 1. The molecular weight excluding hydrogens is 536 g/mol. The molecule has 2 aromatic carbocycles. The van der Waals surface area contributed by atoms with Gasteiger partial charge in [0.25, 0.3) is 5.91 Å². The smallest absolute Gasteiger partial charge is 0.331 e. The number of nitrogens with zero attached hydrogens (tertiary/aromatic N) is 4. The lowest BCUT2D eigenvalue weighted by molar-refractivity contribution is -0.125. The molecule has 2 aliphatic rings. The van der Waals surface area contributed by atoms with Gasteiger partial charge in [0, 0.05) is 37.9 Å². The summed E-state index contributed by atoms with van der Waals surface area (Å²) in [7, 11) is 3.89. The number of rotatable bonds is 7. The average Bonchev–Trinajstić information content (AvgIpc) is 3.59. The van der Waals surface area contributed by atoms with Crippen molar-refractivity contribution in [2.24, 2.45) is 0 Å². The molecule has 2 aliphatic heterocycles. The number of nitrogens with one attached hydrogen (secondary N) is 2. The Morgan fingerprint density at radius 3 is 2.73 bits per heavy atom. The number of carbonyl (C=O) groups excluding carboxylic acids is 3. The summed E-state index contributed by atoms with van der Waals surface area (Å²) in [6, 6.07) is 19.1. The Kier molecular flexibility index (Phi) is 7.25. The number of pyridine rings is 1. The first-order chi connectivity index (χ1) is 19.9. The van der Waals surface area contributed by atoms with Crippen molar-refractivity contribution >= 4 is 56.5 Å². The number of hydrogen-bond acceptors (Lipinski definition) is 6. The van der Waals surface area contributed by atoms with Gasteiger partial charge in [0.05, 0.1) is 22.4 Å². The van der Waals surface area contributed by atoms with E-state index in [1.54, 1.807) is 28.1 Å². The molecule has 0 aliphatic carbocycles. The number of carbonyl (C=O) groups is 3. The average molecular weight is 567 g/mol. The maximum absolute atomic E-state index is 13.5. The number of aromatic nitrogens is 1. The molecule has 0 spiro atoms. The monoisotopic (exact) mass is 566 g/mol. The molecule has 1 unspecified atom stereocenters. The summed E-state index contributed by atoms with van der Waals surface area (Å²) >= 11 is 1.25. The van der Waals surface area contributed by atoms with Gasteiger partial charge < -0.3 is 20.4 Å². The fourth-order valence-electron chi connectivity index (χ4n) is 5.25. The van der Waals surface area contributed by atoms with Crippen LogP contribution in [0.25, 0.3) is 21.3 Å². The Balaban J connectivity index is 1.24. The van der Waals surface area contributed by atoms with Gasteiger partial charge in [0.1, 0.15) is 9.71 Å². The fraction of sp³-hybridized carbons (Fsp3) is 0.226. The van der Waals surface area contributed by atoms with Gasteiger partial charge in [-0.15, -0.1) is 11.3 Å². The van der Waals surface area contributed by atoms with Crippen LogP contribution >= 0.6 is 11.3 Å².